The smallest absolute Gasteiger partial charge is 0.269 e. The highest BCUT2D eigenvalue weighted by Gasteiger charge is 2.38. The van der Waals surface area contributed by atoms with Crippen molar-refractivity contribution in [2.24, 2.45) is 11.7 Å². The van der Waals surface area contributed by atoms with E-state index in [-0.39, 0.29) is 11.6 Å². The fraction of sp³-hybridized carbons (Fsp3) is 0.417. The molecule has 1 amide bonds. The van der Waals surface area contributed by atoms with Gasteiger partial charge in [-0.3, -0.25) is 14.9 Å². The molecular formula is C12H13N3O3. The van der Waals surface area contributed by atoms with Crippen LogP contribution in [0.4, 0.5) is 11.4 Å². The highest BCUT2D eigenvalue weighted by Crippen LogP contribution is 2.40. The van der Waals surface area contributed by atoms with Crippen LogP contribution in [0.2, 0.25) is 0 Å². The van der Waals surface area contributed by atoms with Crippen molar-refractivity contribution in [3.05, 3.63) is 33.9 Å². The zero-order chi connectivity index (χ0) is 12.9. The van der Waals surface area contributed by atoms with Gasteiger partial charge in [-0.05, 0) is 24.8 Å². The van der Waals surface area contributed by atoms with Gasteiger partial charge in [0.2, 0.25) is 5.91 Å². The van der Waals surface area contributed by atoms with E-state index < -0.39 is 11.0 Å². The minimum absolute atomic E-state index is 0.0229. The summed E-state index contributed by atoms with van der Waals surface area (Å²) in [5.74, 6) is 0.402. The van der Waals surface area contributed by atoms with Crippen molar-refractivity contribution in [1.29, 1.82) is 0 Å². The van der Waals surface area contributed by atoms with Gasteiger partial charge in [0.1, 0.15) is 6.04 Å². The van der Waals surface area contributed by atoms with E-state index in [1.165, 1.54) is 12.1 Å². The fourth-order valence-corrected chi connectivity index (χ4v) is 2.32. The van der Waals surface area contributed by atoms with Gasteiger partial charge in [-0.1, -0.05) is 0 Å². The summed E-state index contributed by atoms with van der Waals surface area (Å²) in [7, 11) is 0. The van der Waals surface area contributed by atoms with E-state index in [1.54, 1.807) is 11.0 Å². The molecule has 1 aromatic rings. The molecule has 18 heavy (non-hydrogen) atoms. The first-order valence-electron chi connectivity index (χ1n) is 5.93. The van der Waals surface area contributed by atoms with Crippen molar-refractivity contribution >= 4 is 17.3 Å². The molecule has 0 radical (unpaired) electrons. The van der Waals surface area contributed by atoms with Gasteiger partial charge in [-0.25, -0.2) is 0 Å². The van der Waals surface area contributed by atoms with E-state index in [0.717, 1.165) is 18.5 Å². The minimum Gasteiger partial charge on any atom is -0.316 e. The Morgan fingerprint density at radius 2 is 2.17 bits per heavy atom. The van der Waals surface area contributed by atoms with Crippen LogP contribution >= 0.6 is 0 Å². The van der Waals surface area contributed by atoms with E-state index in [2.05, 4.69) is 0 Å². The van der Waals surface area contributed by atoms with Crippen LogP contribution in [0, 0.1) is 16.0 Å². The number of hydrogen-bond acceptors (Lipinski definition) is 4. The molecule has 94 valence electrons. The molecule has 2 N–H and O–H groups in total. The Balaban J connectivity index is 1.99. The first-order valence-corrected chi connectivity index (χ1v) is 5.93. The number of amides is 1. The Kier molecular flexibility index (Phi) is 2.34. The standard InChI is InChI=1S/C12H13N3O3/c13-11-9-5-8(15(17)18)3-4-10(9)14(12(11)16)6-7-1-2-7/h3-5,7,11H,1-2,6,13H2/t11-/m1/s1. The van der Waals surface area contributed by atoms with E-state index >= 15 is 0 Å². The molecule has 1 aliphatic carbocycles. The van der Waals surface area contributed by atoms with Gasteiger partial charge < -0.3 is 10.6 Å². The Labute approximate surface area is 104 Å². The van der Waals surface area contributed by atoms with Gasteiger partial charge in [0, 0.05) is 29.9 Å². The molecule has 0 unspecified atom stereocenters. The minimum atomic E-state index is -0.765. The number of nitro benzene ring substituents is 1. The average molecular weight is 247 g/mol. The Morgan fingerprint density at radius 3 is 2.78 bits per heavy atom. The summed E-state index contributed by atoms with van der Waals surface area (Å²) >= 11 is 0. The van der Waals surface area contributed by atoms with Gasteiger partial charge in [0.15, 0.2) is 0 Å². The second kappa shape index (κ2) is 3.78. The zero-order valence-electron chi connectivity index (χ0n) is 9.70. The molecule has 0 saturated heterocycles. The second-order valence-corrected chi connectivity index (χ2v) is 4.87. The molecule has 1 aliphatic heterocycles. The number of anilines is 1. The lowest BCUT2D eigenvalue weighted by atomic mass is 10.1. The molecule has 3 rings (SSSR count). The normalized spacial score (nSPS) is 22.2. The highest BCUT2D eigenvalue weighted by molar-refractivity contribution is 6.04. The highest BCUT2D eigenvalue weighted by atomic mass is 16.6. The lowest BCUT2D eigenvalue weighted by Crippen LogP contribution is -2.33. The summed E-state index contributed by atoms with van der Waals surface area (Å²) in [5, 5.41) is 10.7. The topological polar surface area (TPSA) is 89.5 Å². The molecule has 0 spiro atoms. The number of hydrogen-bond donors (Lipinski definition) is 1. The molecule has 1 saturated carbocycles. The predicted molar refractivity (Wildman–Crippen MR) is 65.1 cm³/mol. The number of carbonyl (C=O) groups is 1. The van der Waals surface area contributed by atoms with Gasteiger partial charge in [-0.15, -0.1) is 0 Å². The summed E-state index contributed by atoms with van der Waals surface area (Å²) in [6.45, 7) is 0.678. The number of carbonyl (C=O) groups excluding carboxylic acids is 1. The fourth-order valence-electron chi connectivity index (χ4n) is 2.32. The number of nitrogens with zero attached hydrogens (tertiary/aromatic N) is 2. The van der Waals surface area contributed by atoms with Crippen molar-refractivity contribution < 1.29 is 9.72 Å². The third-order valence-corrected chi connectivity index (χ3v) is 3.52. The maximum Gasteiger partial charge on any atom is 0.269 e. The summed E-state index contributed by atoms with van der Waals surface area (Å²) in [5.41, 5.74) is 7.10. The molecule has 0 bridgehead atoms. The molecule has 1 aromatic carbocycles. The van der Waals surface area contributed by atoms with Crippen LogP contribution < -0.4 is 10.6 Å². The van der Waals surface area contributed by atoms with Crippen molar-refractivity contribution in [3.8, 4) is 0 Å². The molecular weight excluding hydrogens is 234 g/mol. The molecule has 1 heterocycles. The first kappa shape index (κ1) is 11.2. The number of non-ortho nitro benzene ring substituents is 1. The van der Waals surface area contributed by atoms with Crippen molar-refractivity contribution in [2.45, 2.75) is 18.9 Å². The zero-order valence-corrected chi connectivity index (χ0v) is 9.70. The Hall–Kier alpha value is -1.95. The predicted octanol–water partition coefficient (Wildman–Crippen LogP) is 1.35. The van der Waals surface area contributed by atoms with Crippen molar-refractivity contribution in [2.75, 3.05) is 11.4 Å². The first-order chi connectivity index (χ1) is 8.58. The largest absolute Gasteiger partial charge is 0.316 e. The number of fused-ring (bicyclic) bond motifs is 1. The van der Waals surface area contributed by atoms with Crippen LogP contribution in [-0.4, -0.2) is 17.4 Å². The number of benzene rings is 1. The third kappa shape index (κ3) is 1.65. The molecule has 1 atom stereocenters. The Morgan fingerprint density at radius 1 is 1.44 bits per heavy atom. The van der Waals surface area contributed by atoms with Crippen molar-refractivity contribution in [3.63, 3.8) is 0 Å². The number of rotatable bonds is 3. The molecule has 6 nitrogen and oxygen atoms in total. The molecule has 6 heteroatoms. The summed E-state index contributed by atoms with van der Waals surface area (Å²) in [6.07, 6.45) is 2.28. The second-order valence-electron chi connectivity index (χ2n) is 4.87. The maximum atomic E-state index is 12.0. The van der Waals surface area contributed by atoms with Crippen LogP contribution in [-0.2, 0) is 4.79 Å². The van der Waals surface area contributed by atoms with Crippen LogP contribution in [0.25, 0.3) is 0 Å². The molecule has 1 fully saturated rings. The van der Waals surface area contributed by atoms with Crippen molar-refractivity contribution in [1.82, 2.24) is 0 Å². The monoisotopic (exact) mass is 247 g/mol. The number of nitrogens with two attached hydrogens (primary N) is 1. The third-order valence-electron chi connectivity index (χ3n) is 3.52. The number of nitro groups is 1. The summed E-state index contributed by atoms with van der Waals surface area (Å²) in [6, 6.07) is 3.69. The Bertz CT molecular complexity index is 539. The van der Waals surface area contributed by atoms with E-state index in [9.17, 15) is 14.9 Å². The molecule has 2 aliphatic rings. The van der Waals surface area contributed by atoms with Crippen LogP contribution in [0.5, 0.6) is 0 Å². The lowest BCUT2D eigenvalue weighted by molar-refractivity contribution is -0.384. The molecule has 0 aromatic heterocycles. The quantitative estimate of drug-likeness (QED) is 0.644. The average Bonchev–Trinajstić information content (AvgIpc) is 3.13. The van der Waals surface area contributed by atoms with Gasteiger partial charge in [0.25, 0.3) is 5.69 Å². The van der Waals surface area contributed by atoms with E-state index in [0.29, 0.717) is 18.0 Å². The summed E-state index contributed by atoms with van der Waals surface area (Å²) in [4.78, 5) is 24.0. The summed E-state index contributed by atoms with van der Waals surface area (Å²) < 4.78 is 0. The van der Waals surface area contributed by atoms with Gasteiger partial charge >= 0.3 is 0 Å². The van der Waals surface area contributed by atoms with Crippen LogP contribution in [0.3, 0.4) is 0 Å². The SMILES string of the molecule is N[C@H]1C(=O)N(CC2CC2)c2ccc([N+](=O)[O-])cc21. The van der Waals surface area contributed by atoms with E-state index in [4.69, 9.17) is 5.73 Å². The van der Waals surface area contributed by atoms with Crippen LogP contribution in [0.1, 0.15) is 24.4 Å². The maximum absolute atomic E-state index is 12.0. The lowest BCUT2D eigenvalue weighted by Gasteiger charge is -2.16. The van der Waals surface area contributed by atoms with Crippen LogP contribution in [0.15, 0.2) is 18.2 Å². The van der Waals surface area contributed by atoms with Gasteiger partial charge in [-0.2, -0.15) is 0 Å². The van der Waals surface area contributed by atoms with Gasteiger partial charge in [0.05, 0.1) is 4.92 Å². The van der Waals surface area contributed by atoms with E-state index in [1.807, 2.05) is 0 Å².